The first-order chi connectivity index (χ1) is 13.7. The molecular weight excluding hydrogens is 427 g/mol. The van der Waals surface area contributed by atoms with Crippen LogP contribution in [0.5, 0.6) is 0 Å². The largest absolute Gasteiger partial charge is 0.464 e. The number of esters is 1. The van der Waals surface area contributed by atoms with Gasteiger partial charge in [-0.15, -0.1) is 11.8 Å². The summed E-state index contributed by atoms with van der Waals surface area (Å²) in [6, 6.07) is 9.99. The number of ether oxygens (including phenoxy) is 1. The highest BCUT2D eigenvalue weighted by Gasteiger charge is 2.44. The Morgan fingerprint density at radius 3 is 2.41 bits per heavy atom. The minimum absolute atomic E-state index is 0.0480. The maximum atomic E-state index is 13.2. The Kier molecular flexibility index (Phi) is 6.43. The molecule has 1 aliphatic rings. The third-order valence-corrected chi connectivity index (χ3v) is 6.07. The molecule has 1 aliphatic heterocycles. The van der Waals surface area contributed by atoms with Crippen molar-refractivity contribution >= 4 is 35.2 Å². The fourth-order valence-electron chi connectivity index (χ4n) is 3.04. The van der Waals surface area contributed by atoms with Gasteiger partial charge in [-0.05, 0) is 37.3 Å². The fourth-order valence-corrected chi connectivity index (χ4v) is 4.79. The van der Waals surface area contributed by atoms with Crippen LogP contribution in [0.15, 0.2) is 48.5 Å². The predicted octanol–water partition coefficient (Wildman–Crippen LogP) is 5.18. The van der Waals surface area contributed by atoms with Crippen LogP contribution in [0.25, 0.3) is 0 Å². The minimum atomic E-state index is -4.50. The van der Waals surface area contributed by atoms with E-state index >= 15 is 0 Å². The second-order valence-electron chi connectivity index (χ2n) is 6.26. The van der Waals surface area contributed by atoms with Crippen LogP contribution >= 0.6 is 23.4 Å². The van der Waals surface area contributed by atoms with Crippen molar-refractivity contribution in [3.63, 3.8) is 0 Å². The molecule has 2 aromatic carbocycles. The number of carbonyl (C=O) groups excluding carboxylic acids is 2. The topological polar surface area (TPSA) is 46.6 Å². The van der Waals surface area contributed by atoms with E-state index in [1.807, 2.05) is 0 Å². The highest BCUT2D eigenvalue weighted by Crippen LogP contribution is 2.44. The summed E-state index contributed by atoms with van der Waals surface area (Å²) in [6.07, 6.45) is -4.50. The molecule has 0 radical (unpaired) electrons. The molecule has 0 N–H and O–H groups in total. The van der Waals surface area contributed by atoms with Crippen LogP contribution < -0.4 is 0 Å². The second-order valence-corrected chi connectivity index (χ2v) is 7.78. The normalized spacial score (nSPS) is 19.3. The number of benzene rings is 2. The summed E-state index contributed by atoms with van der Waals surface area (Å²) >= 11 is 7.64. The SMILES string of the molecule is CCOC(=O)C1CSC(c2ccccc2Cl)N1C(=O)c1ccc(C(F)(F)F)cc1. The van der Waals surface area contributed by atoms with Crippen molar-refractivity contribution in [2.24, 2.45) is 0 Å². The molecule has 1 heterocycles. The Labute approximate surface area is 175 Å². The third-order valence-electron chi connectivity index (χ3n) is 4.42. The molecule has 0 bridgehead atoms. The average Bonchev–Trinajstić information content (AvgIpc) is 3.12. The number of amides is 1. The molecular formula is C20H17ClF3NO3S. The van der Waals surface area contributed by atoms with E-state index in [9.17, 15) is 22.8 Å². The van der Waals surface area contributed by atoms with E-state index in [1.54, 1.807) is 31.2 Å². The maximum Gasteiger partial charge on any atom is 0.416 e. The van der Waals surface area contributed by atoms with Crippen molar-refractivity contribution < 1.29 is 27.5 Å². The molecule has 1 fully saturated rings. The van der Waals surface area contributed by atoms with Crippen LogP contribution in [0, 0.1) is 0 Å². The highest BCUT2D eigenvalue weighted by molar-refractivity contribution is 7.99. The molecule has 1 amide bonds. The Hall–Kier alpha value is -2.19. The van der Waals surface area contributed by atoms with Gasteiger partial charge < -0.3 is 9.64 Å². The molecule has 2 unspecified atom stereocenters. The number of hydrogen-bond acceptors (Lipinski definition) is 4. The summed E-state index contributed by atoms with van der Waals surface area (Å²) in [7, 11) is 0. The molecule has 2 atom stereocenters. The number of thioether (sulfide) groups is 1. The summed E-state index contributed by atoms with van der Waals surface area (Å²) < 4.78 is 43.6. The minimum Gasteiger partial charge on any atom is -0.464 e. The summed E-state index contributed by atoms with van der Waals surface area (Å²) in [5.41, 5.74) is -0.160. The predicted molar refractivity (Wildman–Crippen MR) is 105 cm³/mol. The Bertz CT molecular complexity index is 905. The number of halogens is 4. The number of hydrogen-bond donors (Lipinski definition) is 0. The zero-order chi connectivity index (χ0) is 21.2. The van der Waals surface area contributed by atoms with Gasteiger partial charge in [-0.3, -0.25) is 4.79 Å². The summed E-state index contributed by atoms with van der Waals surface area (Å²) in [4.78, 5) is 27.0. The fraction of sp³-hybridized carbons (Fsp3) is 0.300. The first kappa shape index (κ1) is 21.5. The molecule has 3 rings (SSSR count). The van der Waals surface area contributed by atoms with Crippen LogP contribution in [0.3, 0.4) is 0 Å². The first-order valence-electron chi connectivity index (χ1n) is 8.76. The lowest BCUT2D eigenvalue weighted by atomic mass is 10.1. The van der Waals surface area contributed by atoms with Gasteiger partial charge in [-0.2, -0.15) is 13.2 Å². The third kappa shape index (κ3) is 4.53. The molecule has 0 spiro atoms. The lowest BCUT2D eigenvalue weighted by Crippen LogP contribution is -2.44. The lowest BCUT2D eigenvalue weighted by molar-refractivity contribution is -0.147. The van der Waals surface area contributed by atoms with E-state index in [0.717, 1.165) is 24.3 Å². The quantitative estimate of drug-likeness (QED) is 0.611. The molecule has 4 nitrogen and oxygen atoms in total. The number of nitrogens with zero attached hydrogens (tertiary/aromatic N) is 1. The smallest absolute Gasteiger partial charge is 0.416 e. The Morgan fingerprint density at radius 1 is 1.17 bits per heavy atom. The van der Waals surface area contributed by atoms with Crippen molar-refractivity contribution in [3.8, 4) is 0 Å². The molecule has 2 aromatic rings. The molecule has 29 heavy (non-hydrogen) atoms. The zero-order valence-electron chi connectivity index (χ0n) is 15.3. The van der Waals surface area contributed by atoms with E-state index in [4.69, 9.17) is 16.3 Å². The van der Waals surface area contributed by atoms with E-state index in [2.05, 4.69) is 0 Å². The van der Waals surface area contributed by atoms with Crippen LogP contribution in [0.1, 0.15) is 33.8 Å². The average molecular weight is 444 g/mol. The van der Waals surface area contributed by atoms with Gasteiger partial charge in [-0.25, -0.2) is 4.79 Å². The van der Waals surface area contributed by atoms with Crippen LogP contribution in [0.2, 0.25) is 5.02 Å². The molecule has 0 aliphatic carbocycles. The standard InChI is InChI=1S/C20H17ClF3NO3S/c1-2-28-19(27)16-11-29-18(14-5-3-4-6-15(14)21)25(16)17(26)12-7-9-13(10-8-12)20(22,23)24/h3-10,16,18H,2,11H2,1H3. The summed E-state index contributed by atoms with van der Waals surface area (Å²) in [6.45, 7) is 1.81. The number of alkyl halides is 3. The van der Waals surface area contributed by atoms with Crippen molar-refractivity contribution in [2.45, 2.75) is 24.5 Å². The van der Waals surface area contributed by atoms with Crippen LogP contribution in [-0.4, -0.2) is 35.2 Å². The molecule has 0 aromatic heterocycles. The van der Waals surface area contributed by atoms with Crippen LogP contribution in [0.4, 0.5) is 13.2 Å². The number of carbonyl (C=O) groups is 2. The highest BCUT2D eigenvalue weighted by atomic mass is 35.5. The maximum absolute atomic E-state index is 13.2. The Balaban J connectivity index is 1.97. The van der Waals surface area contributed by atoms with Crippen molar-refractivity contribution in [3.05, 3.63) is 70.2 Å². The van der Waals surface area contributed by atoms with E-state index < -0.39 is 35.0 Å². The van der Waals surface area contributed by atoms with Crippen molar-refractivity contribution in [1.82, 2.24) is 4.90 Å². The van der Waals surface area contributed by atoms with Gasteiger partial charge in [0.25, 0.3) is 5.91 Å². The van der Waals surface area contributed by atoms with Crippen molar-refractivity contribution in [1.29, 1.82) is 0 Å². The van der Waals surface area contributed by atoms with Gasteiger partial charge in [0.1, 0.15) is 11.4 Å². The van der Waals surface area contributed by atoms with Gasteiger partial charge >= 0.3 is 12.1 Å². The second kappa shape index (κ2) is 8.67. The van der Waals surface area contributed by atoms with Crippen molar-refractivity contribution in [2.75, 3.05) is 12.4 Å². The molecule has 1 saturated heterocycles. The molecule has 154 valence electrons. The van der Waals surface area contributed by atoms with E-state index in [0.29, 0.717) is 16.3 Å². The van der Waals surface area contributed by atoms with Gasteiger partial charge in [0.05, 0.1) is 12.2 Å². The lowest BCUT2D eigenvalue weighted by Gasteiger charge is -2.29. The van der Waals surface area contributed by atoms with E-state index in [1.165, 1.54) is 16.7 Å². The number of rotatable bonds is 4. The van der Waals surface area contributed by atoms with Crippen LogP contribution in [-0.2, 0) is 15.7 Å². The molecule has 0 saturated carbocycles. The van der Waals surface area contributed by atoms with Gasteiger partial charge in [0.15, 0.2) is 0 Å². The van der Waals surface area contributed by atoms with Gasteiger partial charge in [0.2, 0.25) is 0 Å². The molecule has 9 heteroatoms. The van der Waals surface area contributed by atoms with Gasteiger partial charge in [-0.1, -0.05) is 29.8 Å². The summed E-state index contributed by atoms with van der Waals surface area (Å²) in [5.74, 6) is -0.831. The monoisotopic (exact) mass is 443 g/mol. The summed E-state index contributed by atoms with van der Waals surface area (Å²) in [5, 5.41) is -0.132. The zero-order valence-corrected chi connectivity index (χ0v) is 16.9. The Morgan fingerprint density at radius 2 is 1.83 bits per heavy atom. The first-order valence-corrected chi connectivity index (χ1v) is 10.2. The van der Waals surface area contributed by atoms with E-state index in [-0.39, 0.29) is 12.2 Å². The van der Waals surface area contributed by atoms with Gasteiger partial charge in [0, 0.05) is 21.9 Å².